The monoisotopic (exact) mass is 347 g/mol. The Kier molecular flexibility index (Phi) is 2.97. The summed E-state index contributed by atoms with van der Waals surface area (Å²) in [5, 5.41) is 6.46. The number of hydrogen-bond acceptors (Lipinski definition) is 5. The molecule has 23 heavy (non-hydrogen) atoms. The standard InChI is InChI=1S/C17H18ClN3OS/c1-20-16(14-9-11-3-2-4-13(18)15(11)23-14)19-22-17(20)10-21-7-5-12(17)6-8-21/h2-4,9,12H,5-8,10H2,1H3. The van der Waals surface area contributed by atoms with Crippen molar-refractivity contribution in [1.29, 1.82) is 0 Å². The third-order valence-corrected chi connectivity index (χ3v) is 7.17. The second-order valence-corrected chi connectivity index (χ2v) is 8.19. The molecule has 4 nitrogen and oxygen atoms in total. The molecule has 0 amide bonds. The molecule has 1 aromatic carbocycles. The fourth-order valence-electron chi connectivity index (χ4n) is 4.25. The van der Waals surface area contributed by atoms with Crippen molar-refractivity contribution in [2.45, 2.75) is 18.6 Å². The second-order valence-electron chi connectivity index (χ2n) is 6.73. The minimum atomic E-state index is -0.272. The summed E-state index contributed by atoms with van der Waals surface area (Å²) in [6.45, 7) is 3.34. The van der Waals surface area contributed by atoms with Crippen LogP contribution in [-0.2, 0) is 4.84 Å². The number of benzene rings is 1. The fourth-order valence-corrected chi connectivity index (χ4v) is 5.63. The fraction of sp³-hybridized carbons (Fsp3) is 0.471. The van der Waals surface area contributed by atoms with E-state index in [2.05, 4.69) is 34.1 Å². The topological polar surface area (TPSA) is 28.1 Å². The molecule has 3 fully saturated rings. The lowest BCUT2D eigenvalue weighted by Crippen LogP contribution is -2.65. The van der Waals surface area contributed by atoms with Crippen molar-refractivity contribution in [3.8, 4) is 0 Å². The van der Waals surface area contributed by atoms with E-state index in [0.29, 0.717) is 5.92 Å². The SMILES string of the molecule is CN1C(c2cc3cccc(Cl)c3s2)=NOC12CN1CCC2CC1. The smallest absolute Gasteiger partial charge is 0.226 e. The highest BCUT2D eigenvalue weighted by Gasteiger charge is 2.56. The Morgan fingerprint density at radius 1 is 1.35 bits per heavy atom. The second kappa shape index (κ2) is 4.85. The summed E-state index contributed by atoms with van der Waals surface area (Å²) < 4.78 is 1.12. The zero-order valence-corrected chi connectivity index (χ0v) is 14.5. The maximum absolute atomic E-state index is 6.33. The largest absolute Gasteiger partial charge is 0.363 e. The molecule has 4 aliphatic rings. The molecular weight excluding hydrogens is 330 g/mol. The Hall–Kier alpha value is -1.30. The zero-order valence-electron chi connectivity index (χ0n) is 13.0. The molecule has 1 aromatic heterocycles. The minimum absolute atomic E-state index is 0.272. The minimum Gasteiger partial charge on any atom is -0.363 e. The number of nitrogens with zero attached hydrogens (tertiary/aromatic N) is 3. The van der Waals surface area contributed by atoms with E-state index >= 15 is 0 Å². The van der Waals surface area contributed by atoms with Gasteiger partial charge in [0.1, 0.15) is 0 Å². The van der Waals surface area contributed by atoms with Crippen molar-refractivity contribution in [2.75, 3.05) is 26.7 Å². The van der Waals surface area contributed by atoms with Gasteiger partial charge in [0.15, 0.2) is 5.84 Å². The van der Waals surface area contributed by atoms with Crippen LogP contribution in [0, 0.1) is 5.92 Å². The number of likely N-dealkylation sites (N-methyl/N-ethyl adjacent to an activating group) is 1. The molecule has 1 atom stereocenters. The van der Waals surface area contributed by atoms with Crippen molar-refractivity contribution in [1.82, 2.24) is 9.80 Å². The van der Waals surface area contributed by atoms with Crippen molar-refractivity contribution in [2.24, 2.45) is 11.1 Å². The van der Waals surface area contributed by atoms with Crippen LogP contribution in [-0.4, -0.2) is 48.0 Å². The molecule has 6 rings (SSSR count). The predicted octanol–water partition coefficient (Wildman–Crippen LogP) is 3.60. The van der Waals surface area contributed by atoms with E-state index < -0.39 is 0 Å². The normalized spacial score (nSPS) is 32.6. The van der Waals surface area contributed by atoms with Gasteiger partial charge in [-0.15, -0.1) is 11.3 Å². The number of halogens is 1. The van der Waals surface area contributed by atoms with Crippen LogP contribution in [0.15, 0.2) is 29.4 Å². The Bertz CT molecular complexity index is 811. The van der Waals surface area contributed by atoms with Crippen LogP contribution in [0.1, 0.15) is 17.7 Å². The molecule has 3 saturated heterocycles. The predicted molar refractivity (Wildman–Crippen MR) is 94.1 cm³/mol. The number of oxime groups is 1. The lowest BCUT2D eigenvalue weighted by Gasteiger charge is -2.52. The first-order valence-corrected chi connectivity index (χ1v) is 9.28. The molecule has 0 radical (unpaired) electrons. The van der Waals surface area contributed by atoms with E-state index in [1.54, 1.807) is 11.3 Å². The van der Waals surface area contributed by atoms with E-state index in [-0.39, 0.29) is 5.72 Å². The summed E-state index contributed by atoms with van der Waals surface area (Å²) in [4.78, 5) is 12.0. The molecule has 0 saturated carbocycles. The van der Waals surface area contributed by atoms with Crippen molar-refractivity contribution in [3.63, 3.8) is 0 Å². The molecule has 2 aromatic rings. The van der Waals surface area contributed by atoms with Gasteiger partial charge in [0.05, 0.1) is 21.1 Å². The van der Waals surface area contributed by atoms with E-state index in [9.17, 15) is 0 Å². The number of piperidine rings is 3. The number of rotatable bonds is 1. The highest BCUT2D eigenvalue weighted by molar-refractivity contribution is 7.21. The summed E-state index contributed by atoms with van der Waals surface area (Å²) >= 11 is 8.02. The van der Waals surface area contributed by atoms with Crippen LogP contribution < -0.4 is 0 Å². The van der Waals surface area contributed by atoms with Crippen LogP contribution in [0.3, 0.4) is 0 Å². The van der Waals surface area contributed by atoms with Crippen molar-refractivity contribution >= 4 is 38.9 Å². The summed E-state index contributed by atoms with van der Waals surface area (Å²) in [7, 11) is 2.12. The van der Waals surface area contributed by atoms with Gasteiger partial charge >= 0.3 is 0 Å². The first kappa shape index (κ1) is 14.1. The van der Waals surface area contributed by atoms with E-state index in [1.165, 1.54) is 31.3 Å². The van der Waals surface area contributed by atoms with Gasteiger partial charge in [-0.2, -0.15) is 0 Å². The highest BCUT2D eigenvalue weighted by Crippen LogP contribution is 2.44. The number of fused-ring (bicyclic) bond motifs is 3. The van der Waals surface area contributed by atoms with Crippen molar-refractivity contribution in [3.05, 3.63) is 34.2 Å². The van der Waals surface area contributed by atoms with Crippen LogP contribution in [0.4, 0.5) is 0 Å². The van der Waals surface area contributed by atoms with Gasteiger partial charge < -0.3 is 9.74 Å². The molecule has 0 aliphatic carbocycles. The lowest BCUT2D eigenvalue weighted by molar-refractivity contribution is -0.190. The third kappa shape index (κ3) is 1.90. The van der Waals surface area contributed by atoms with Gasteiger partial charge in [-0.05, 0) is 43.5 Å². The average molecular weight is 348 g/mol. The van der Waals surface area contributed by atoms with E-state index in [1.807, 2.05) is 12.1 Å². The third-order valence-electron chi connectivity index (χ3n) is 5.57. The van der Waals surface area contributed by atoms with Gasteiger partial charge in [0, 0.05) is 13.0 Å². The Morgan fingerprint density at radius 2 is 2.17 bits per heavy atom. The molecule has 1 spiro atoms. The average Bonchev–Trinajstić information content (AvgIpc) is 3.13. The Labute approximate surface area is 144 Å². The first-order chi connectivity index (χ1) is 11.2. The molecule has 6 heteroatoms. The van der Waals surface area contributed by atoms with Gasteiger partial charge in [-0.3, -0.25) is 4.90 Å². The first-order valence-electron chi connectivity index (χ1n) is 8.08. The van der Waals surface area contributed by atoms with E-state index in [4.69, 9.17) is 16.4 Å². The van der Waals surface area contributed by atoms with Gasteiger partial charge in [0.2, 0.25) is 5.72 Å². The van der Waals surface area contributed by atoms with Crippen LogP contribution in [0.2, 0.25) is 5.02 Å². The Morgan fingerprint density at radius 3 is 2.87 bits per heavy atom. The maximum Gasteiger partial charge on any atom is 0.226 e. The summed E-state index contributed by atoms with van der Waals surface area (Å²) in [5.74, 6) is 1.51. The van der Waals surface area contributed by atoms with Crippen LogP contribution >= 0.6 is 22.9 Å². The molecule has 4 aliphatic heterocycles. The molecule has 1 unspecified atom stereocenters. The Balaban J connectivity index is 1.53. The highest BCUT2D eigenvalue weighted by atomic mass is 35.5. The molecule has 0 N–H and O–H groups in total. The van der Waals surface area contributed by atoms with Gasteiger partial charge in [0.25, 0.3) is 0 Å². The number of hydrogen-bond donors (Lipinski definition) is 0. The quantitative estimate of drug-likeness (QED) is 0.789. The molecule has 5 heterocycles. The summed E-state index contributed by atoms with van der Waals surface area (Å²) in [6.07, 6.45) is 2.40. The van der Waals surface area contributed by atoms with Gasteiger partial charge in [-0.25, -0.2) is 0 Å². The molecule has 120 valence electrons. The maximum atomic E-state index is 6.33. The zero-order chi connectivity index (χ0) is 15.6. The van der Waals surface area contributed by atoms with Crippen molar-refractivity contribution < 1.29 is 4.84 Å². The summed E-state index contributed by atoms with van der Waals surface area (Å²) in [6, 6.07) is 8.20. The van der Waals surface area contributed by atoms with Crippen LogP contribution in [0.25, 0.3) is 10.1 Å². The van der Waals surface area contributed by atoms with Crippen LogP contribution in [0.5, 0.6) is 0 Å². The molecular formula is C17H18ClN3OS. The van der Waals surface area contributed by atoms with E-state index in [0.717, 1.165) is 27.0 Å². The number of amidine groups is 1. The molecule has 2 bridgehead atoms. The van der Waals surface area contributed by atoms with Gasteiger partial charge in [-0.1, -0.05) is 28.9 Å². The lowest BCUT2D eigenvalue weighted by atomic mass is 9.80. The summed E-state index contributed by atoms with van der Waals surface area (Å²) in [5.41, 5.74) is -0.272. The number of thiophene rings is 1.